The quantitative estimate of drug-likeness (QED) is 0.610. The van der Waals surface area contributed by atoms with Gasteiger partial charge in [-0.25, -0.2) is 9.97 Å². The Bertz CT molecular complexity index is 867. The summed E-state index contributed by atoms with van der Waals surface area (Å²) in [5, 5.41) is 21.0. The van der Waals surface area contributed by atoms with E-state index in [0.29, 0.717) is 23.7 Å². The lowest BCUT2D eigenvalue weighted by molar-refractivity contribution is 0.0372. The molecular weight excluding hydrogens is 256 g/mol. The molecule has 0 spiro atoms. The van der Waals surface area contributed by atoms with Crippen molar-refractivity contribution in [1.29, 1.82) is 0 Å². The van der Waals surface area contributed by atoms with E-state index in [9.17, 15) is 10.2 Å². The Balaban J connectivity index is 2.33. The average Bonchev–Trinajstić information content (AvgIpc) is 2.77. The number of imidazole rings is 1. The van der Waals surface area contributed by atoms with Gasteiger partial charge in [0.2, 0.25) is 0 Å². The van der Waals surface area contributed by atoms with Crippen molar-refractivity contribution >= 4 is 27.8 Å². The maximum atomic E-state index is 10.7. The molecule has 0 aliphatic carbocycles. The van der Waals surface area contributed by atoms with Crippen LogP contribution in [0.5, 0.6) is 0 Å². The van der Waals surface area contributed by atoms with Gasteiger partial charge in [0.05, 0.1) is 17.6 Å². The molecule has 1 aliphatic heterocycles. The number of pyridine rings is 1. The Morgan fingerprint density at radius 1 is 1.40 bits per heavy atom. The number of aliphatic hydroxyl groups excluding tert-OH is 1. The molecule has 0 bridgehead atoms. The van der Waals surface area contributed by atoms with Crippen LogP contribution in [0.4, 0.5) is 5.82 Å². The van der Waals surface area contributed by atoms with Crippen LogP contribution in [0, 0.1) is 0 Å². The fraction of sp³-hybridized carbons (Fsp3) is 0.286. The molecule has 102 valence electrons. The molecule has 4 rings (SSSR count). The minimum Gasteiger partial charge on any atom is -0.388 e. The van der Waals surface area contributed by atoms with Gasteiger partial charge in [0.1, 0.15) is 23.5 Å². The number of nitrogens with two attached hydrogens (primary N) is 1. The molecule has 0 amide bonds. The van der Waals surface area contributed by atoms with Crippen molar-refractivity contribution in [1.82, 2.24) is 14.5 Å². The number of hydrogen-bond acceptors (Lipinski definition) is 5. The lowest BCUT2D eigenvalue weighted by Crippen LogP contribution is -2.31. The molecule has 0 saturated heterocycles. The summed E-state index contributed by atoms with van der Waals surface area (Å²) in [6, 6.07) is 5.63. The van der Waals surface area contributed by atoms with E-state index in [0.717, 1.165) is 22.0 Å². The smallest absolute Gasteiger partial charge is 0.152 e. The number of benzene rings is 1. The molecular formula is C14H14N4O2. The maximum absolute atomic E-state index is 10.7. The molecule has 4 N–H and O–H groups in total. The van der Waals surface area contributed by atoms with E-state index in [1.54, 1.807) is 6.92 Å². The van der Waals surface area contributed by atoms with Gasteiger partial charge < -0.3 is 20.5 Å². The molecule has 3 heterocycles. The van der Waals surface area contributed by atoms with Crippen molar-refractivity contribution in [2.75, 3.05) is 5.73 Å². The van der Waals surface area contributed by atoms with E-state index >= 15 is 0 Å². The molecule has 0 saturated carbocycles. The van der Waals surface area contributed by atoms with E-state index in [1.165, 1.54) is 0 Å². The monoisotopic (exact) mass is 270 g/mol. The van der Waals surface area contributed by atoms with E-state index in [2.05, 4.69) is 9.97 Å². The Kier molecular flexibility index (Phi) is 2.02. The minimum atomic E-state index is -1.03. The van der Waals surface area contributed by atoms with Crippen LogP contribution in [0.25, 0.3) is 21.9 Å². The average molecular weight is 270 g/mol. The molecule has 2 aromatic heterocycles. The zero-order chi connectivity index (χ0) is 14.1. The first kappa shape index (κ1) is 11.6. The molecule has 6 heteroatoms. The number of nitrogens with zero attached hydrogens (tertiary/aromatic N) is 3. The van der Waals surface area contributed by atoms with Gasteiger partial charge in [-0.3, -0.25) is 0 Å². The molecule has 0 fully saturated rings. The first-order valence-corrected chi connectivity index (χ1v) is 6.44. The van der Waals surface area contributed by atoms with E-state index < -0.39 is 5.60 Å². The van der Waals surface area contributed by atoms with E-state index in [4.69, 9.17) is 5.73 Å². The number of rotatable bonds is 1. The second-order valence-corrected chi connectivity index (χ2v) is 5.44. The third kappa shape index (κ3) is 1.25. The van der Waals surface area contributed by atoms with Gasteiger partial charge in [-0.15, -0.1) is 0 Å². The zero-order valence-electron chi connectivity index (χ0n) is 11.0. The van der Waals surface area contributed by atoms with Crippen LogP contribution in [0.15, 0.2) is 18.2 Å². The number of aromatic nitrogens is 3. The Morgan fingerprint density at radius 3 is 2.95 bits per heavy atom. The number of anilines is 1. The summed E-state index contributed by atoms with van der Waals surface area (Å²) in [6.07, 6.45) is 0. The Labute approximate surface area is 114 Å². The van der Waals surface area contributed by atoms with Crippen molar-refractivity contribution in [3.63, 3.8) is 0 Å². The van der Waals surface area contributed by atoms with Crippen LogP contribution >= 0.6 is 0 Å². The second kappa shape index (κ2) is 3.47. The molecule has 6 nitrogen and oxygen atoms in total. The molecule has 3 aromatic rings. The lowest BCUT2D eigenvalue weighted by atomic mass is 9.89. The normalized spacial score (nSPS) is 21.1. The Morgan fingerprint density at radius 2 is 2.20 bits per heavy atom. The first-order chi connectivity index (χ1) is 9.53. The van der Waals surface area contributed by atoms with E-state index in [-0.39, 0.29) is 6.61 Å². The highest BCUT2D eigenvalue weighted by molar-refractivity contribution is 6.09. The summed E-state index contributed by atoms with van der Waals surface area (Å²) in [7, 11) is 0. The number of nitrogen functional groups attached to an aromatic ring is 1. The van der Waals surface area contributed by atoms with Gasteiger partial charge in [-0.05, 0) is 18.6 Å². The first-order valence-electron chi connectivity index (χ1n) is 6.44. The predicted molar refractivity (Wildman–Crippen MR) is 74.9 cm³/mol. The molecule has 20 heavy (non-hydrogen) atoms. The van der Waals surface area contributed by atoms with Crippen molar-refractivity contribution in [3.05, 3.63) is 29.6 Å². The van der Waals surface area contributed by atoms with Crippen LogP contribution < -0.4 is 5.73 Å². The minimum absolute atomic E-state index is 0.201. The highest BCUT2D eigenvalue weighted by Gasteiger charge is 2.34. The third-order valence-electron chi connectivity index (χ3n) is 4.00. The van der Waals surface area contributed by atoms with Crippen LogP contribution in [0.1, 0.15) is 18.3 Å². The van der Waals surface area contributed by atoms with Crippen LogP contribution in [-0.4, -0.2) is 24.7 Å². The van der Waals surface area contributed by atoms with Crippen molar-refractivity contribution in [3.8, 4) is 0 Å². The fourth-order valence-corrected chi connectivity index (χ4v) is 3.13. The van der Waals surface area contributed by atoms with Gasteiger partial charge in [0.15, 0.2) is 5.82 Å². The fourth-order valence-electron chi connectivity index (χ4n) is 3.13. The second-order valence-electron chi connectivity index (χ2n) is 5.44. The summed E-state index contributed by atoms with van der Waals surface area (Å²) in [6.45, 7) is 1.90. The molecule has 1 atom stereocenters. The topological polar surface area (TPSA) is 97.2 Å². The highest BCUT2D eigenvalue weighted by Crippen LogP contribution is 2.40. The maximum Gasteiger partial charge on any atom is 0.152 e. The molecule has 1 aromatic carbocycles. The largest absolute Gasteiger partial charge is 0.388 e. The van der Waals surface area contributed by atoms with Gasteiger partial charge in [-0.1, -0.05) is 12.1 Å². The standard InChI is InChI=1S/C14H14N4O2/c1-14(20)6-18-9(5-19)17-11-12(18)10-7(14)3-2-4-8(10)16-13(11)15/h2-4,19-20H,5-6H2,1H3,(H2,15,16). The summed E-state index contributed by atoms with van der Waals surface area (Å²) in [5.74, 6) is 0.843. The van der Waals surface area contributed by atoms with Gasteiger partial charge in [-0.2, -0.15) is 0 Å². The van der Waals surface area contributed by atoms with Crippen molar-refractivity contribution in [2.45, 2.75) is 25.7 Å². The zero-order valence-corrected chi connectivity index (χ0v) is 11.0. The summed E-state index contributed by atoms with van der Waals surface area (Å²) in [4.78, 5) is 8.73. The summed E-state index contributed by atoms with van der Waals surface area (Å²) >= 11 is 0. The molecule has 1 unspecified atom stereocenters. The van der Waals surface area contributed by atoms with Crippen LogP contribution in [0.3, 0.4) is 0 Å². The predicted octanol–water partition coefficient (Wildman–Crippen LogP) is 0.880. The third-order valence-corrected chi connectivity index (χ3v) is 4.00. The highest BCUT2D eigenvalue weighted by atomic mass is 16.3. The SMILES string of the molecule is CC1(O)Cn2c(CO)nc3c(N)nc4cccc1c4c32. The summed E-state index contributed by atoms with van der Waals surface area (Å²) < 4.78 is 1.84. The number of aliphatic hydroxyl groups is 2. The van der Waals surface area contributed by atoms with Crippen molar-refractivity contribution in [2.24, 2.45) is 0 Å². The molecule has 0 radical (unpaired) electrons. The lowest BCUT2D eigenvalue weighted by Gasteiger charge is -2.31. The summed E-state index contributed by atoms with van der Waals surface area (Å²) in [5.41, 5.74) is 7.94. The Hall–Kier alpha value is -2.18. The van der Waals surface area contributed by atoms with E-state index in [1.807, 2.05) is 22.8 Å². The van der Waals surface area contributed by atoms with Crippen molar-refractivity contribution < 1.29 is 10.2 Å². The van der Waals surface area contributed by atoms with Crippen LogP contribution in [0.2, 0.25) is 0 Å². The van der Waals surface area contributed by atoms with Gasteiger partial charge >= 0.3 is 0 Å². The van der Waals surface area contributed by atoms with Gasteiger partial charge in [0, 0.05) is 5.39 Å². The number of hydrogen-bond donors (Lipinski definition) is 3. The van der Waals surface area contributed by atoms with Gasteiger partial charge in [0.25, 0.3) is 0 Å². The van der Waals surface area contributed by atoms with Crippen LogP contribution in [-0.2, 0) is 18.8 Å². The molecule has 1 aliphatic rings.